The molecule has 0 aliphatic heterocycles. The maximum absolute atomic E-state index is 2.63. The normalized spacial score (nSPS) is 13.8. The summed E-state index contributed by atoms with van der Waals surface area (Å²) in [6, 6.07) is 64.4. The van der Waals surface area contributed by atoms with Crippen LogP contribution in [0.5, 0.6) is 0 Å². The molecule has 4 heteroatoms. The van der Waals surface area contributed by atoms with Crippen molar-refractivity contribution in [2.75, 3.05) is 9.80 Å². The molecule has 9 rings (SSSR count). The van der Waals surface area contributed by atoms with Gasteiger partial charge in [0.1, 0.15) is 0 Å². The molecule has 1 aliphatic rings. The van der Waals surface area contributed by atoms with Crippen molar-refractivity contribution in [1.82, 2.24) is 0 Å². The van der Waals surface area contributed by atoms with E-state index in [-0.39, 0.29) is 15.5 Å². The van der Waals surface area contributed by atoms with Gasteiger partial charge in [-0.2, -0.15) is 0 Å². The van der Waals surface area contributed by atoms with Crippen LogP contribution in [0.25, 0.3) is 32.7 Å². The third kappa shape index (κ3) is 7.26. The van der Waals surface area contributed by atoms with Crippen LogP contribution in [0.4, 0.5) is 34.1 Å². The second-order valence-electron chi connectivity index (χ2n) is 22.0. The Kier molecular flexibility index (Phi) is 10.3. The average Bonchev–Trinajstić information content (AvgIpc) is 3.55. The number of hydrogen-bond donors (Lipinski definition) is 0. The van der Waals surface area contributed by atoms with Crippen molar-refractivity contribution >= 4 is 71.8 Å². The Morgan fingerprint density at radius 2 is 0.778 bits per heavy atom. The Hall–Kier alpha value is -5.69. The summed E-state index contributed by atoms with van der Waals surface area (Å²) >= 11 is 0. The molecule has 1 aliphatic carbocycles. The molecule has 0 fully saturated rings. The molecule has 0 saturated carbocycles. The lowest BCUT2D eigenvalue weighted by atomic mass is 9.87. The lowest BCUT2D eigenvalue weighted by molar-refractivity contribution is 0.590. The summed E-state index contributed by atoms with van der Waals surface area (Å²) in [5.41, 5.74) is 15.8. The van der Waals surface area contributed by atoms with Gasteiger partial charge in [0.15, 0.2) is 0 Å². The highest BCUT2D eigenvalue weighted by atomic mass is 28.4. The van der Waals surface area contributed by atoms with Gasteiger partial charge < -0.3 is 9.80 Å². The predicted molar refractivity (Wildman–Crippen MR) is 281 cm³/mol. The molecule has 0 heterocycles. The van der Waals surface area contributed by atoms with E-state index >= 15 is 0 Å². The van der Waals surface area contributed by atoms with Gasteiger partial charge in [0.2, 0.25) is 0 Å². The van der Waals surface area contributed by atoms with Crippen LogP contribution in [0, 0.1) is 0 Å². The van der Waals surface area contributed by atoms with Crippen LogP contribution in [0.3, 0.4) is 0 Å². The van der Waals surface area contributed by atoms with Crippen LogP contribution < -0.4 is 9.80 Å². The molecule has 0 bridgehead atoms. The van der Waals surface area contributed by atoms with Crippen molar-refractivity contribution in [1.29, 1.82) is 0 Å². The first-order valence-electron chi connectivity index (χ1n) is 22.8. The van der Waals surface area contributed by atoms with E-state index in [9.17, 15) is 0 Å². The Labute approximate surface area is 379 Å². The minimum atomic E-state index is -2.00. The van der Waals surface area contributed by atoms with E-state index in [0.29, 0.717) is 0 Å². The lowest BCUT2D eigenvalue weighted by Gasteiger charge is -2.51. The zero-order valence-electron chi connectivity index (χ0n) is 39.6. The van der Waals surface area contributed by atoms with Gasteiger partial charge in [-0.25, -0.2) is 0 Å². The summed E-state index contributed by atoms with van der Waals surface area (Å²) in [6.07, 6.45) is 0. The third-order valence-electron chi connectivity index (χ3n) is 13.8. The van der Waals surface area contributed by atoms with E-state index in [2.05, 4.69) is 260 Å². The van der Waals surface area contributed by atoms with Gasteiger partial charge in [0.05, 0.1) is 16.1 Å². The average molecular weight is 857 g/mol. The van der Waals surface area contributed by atoms with Crippen LogP contribution >= 0.6 is 0 Å². The molecule has 0 radical (unpaired) electrons. The van der Waals surface area contributed by atoms with Gasteiger partial charge in [0.25, 0.3) is 0 Å². The van der Waals surface area contributed by atoms with Crippen molar-refractivity contribution in [3.8, 4) is 11.1 Å². The minimum Gasteiger partial charge on any atom is -0.310 e. The molecule has 2 nitrogen and oxygen atoms in total. The Bertz CT molecular complexity index is 2950. The topological polar surface area (TPSA) is 6.48 Å². The van der Waals surface area contributed by atoms with Gasteiger partial charge in [-0.3, -0.25) is 0 Å². The summed E-state index contributed by atoms with van der Waals surface area (Å²) in [5, 5.41) is 5.28. The quantitative estimate of drug-likeness (QED) is 0.141. The Morgan fingerprint density at radius 1 is 0.365 bits per heavy atom. The van der Waals surface area contributed by atoms with E-state index in [4.69, 9.17) is 0 Å². The highest BCUT2D eigenvalue weighted by molar-refractivity contribution is 7.00. The van der Waals surface area contributed by atoms with Crippen molar-refractivity contribution in [3.05, 3.63) is 192 Å². The van der Waals surface area contributed by atoms with Gasteiger partial charge in [-0.05, 0) is 145 Å². The van der Waals surface area contributed by atoms with Gasteiger partial charge >= 0.3 is 0 Å². The first-order chi connectivity index (χ1) is 29.8. The number of anilines is 6. The molecular weight excluding hydrogens is 793 g/mol. The first kappa shape index (κ1) is 42.6. The van der Waals surface area contributed by atoms with Crippen LogP contribution in [0.1, 0.15) is 63.8 Å². The van der Waals surface area contributed by atoms with Gasteiger partial charge in [-0.1, -0.05) is 172 Å². The maximum atomic E-state index is 2.63. The molecule has 0 atom stereocenters. The highest BCUT2D eigenvalue weighted by Gasteiger charge is 2.59. The number of hydrogen-bond acceptors (Lipinski definition) is 2. The Morgan fingerprint density at radius 3 is 1.24 bits per heavy atom. The SMILES string of the molecule is CC(C)(C)c1ccc(N(c2ccccc2)c2ccc3cc4c(cc3c2)C([Si](C)(C)C)([Si](C)(C)C)c2c-4ccc3cc(N(c4ccccc4)c4ccc(C(C)(C)C)cc4)ccc23)cc1. The molecule has 0 unspecified atom stereocenters. The number of fused-ring (bicyclic) bond motifs is 6. The second kappa shape index (κ2) is 15.2. The largest absolute Gasteiger partial charge is 0.310 e. The monoisotopic (exact) mass is 856 g/mol. The summed E-state index contributed by atoms with van der Waals surface area (Å²) in [4.78, 5) is 4.83. The molecule has 318 valence electrons. The summed E-state index contributed by atoms with van der Waals surface area (Å²) in [7, 11) is -4.00. The van der Waals surface area contributed by atoms with Crippen molar-refractivity contribution in [2.45, 2.75) is 96.3 Å². The molecule has 63 heavy (non-hydrogen) atoms. The summed E-state index contributed by atoms with van der Waals surface area (Å²) in [5.74, 6) is 0. The highest BCUT2D eigenvalue weighted by Crippen LogP contribution is 2.60. The molecular formula is C59H64N2Si2. The third-order valence-corrected chi connectivity index (χ3v) is 23.8. The number of para-hydroxylation sites is 2. The Balaban J connectivity index is 1.22. The summed E-state index contributed by atoms with van der Waals surface area (Å²) in [6.45, 7) is 29.5. The smallest absolute Gasteiger partial charge is 0.0579 e. The fraction of sp³-hybridized carbons (Fsp3) is 0.254. The van der Waals surface area contributed by atoms with E-state index in [0.717, 1.165) is 11.4 Å². The molecule has 0 spiro atoms. The van der Waals surface area contributed by atoms with E-state index in [1.165, 1.54) is 66.5 Å². The zero-order valence-corrected chi connectivity index (χ0v) is 41.6. The number of rotatable bonds is 8. The van der Waals surface area contributed by atoms with Crippen LogP contribution in [0.2, 0.25) is 39.3 Å². The number of nitrogens with zero attached hydrogens (tertiary/aromatic N) is 2. The molecule has 0 aromatic heterocycles. The van der Waals surface area contributed by atoms with Gasteiger partial charge in [0, 0.05) is 38.8 Å². The van der Waals surface area contributed by atoms with Crippen LogP contribution in [0.15, 0.2) is 170 Å². The fourth-order valence-corrected chi connectivity index (χ4v) is 24.2. The van der Waals surface area contributed by atoms with Crippen LogP contribution in [-0.4, -0.2) is 16.1 Å². The molecule has 0 amide bonds. The minimum absolute atomic E-state index is 0.0281. The van der Waals surface area contributed by atoms with Crippen LogP contribution in [-0.2, 0) is 15.5 Å². The van der Waals surface area contributed by atoms with Crippen molar-refractivity contribution in [3.63, 3.8) is 0 Å². The van der Waals surface area contributed by atoms with E-state index in [1.807, 2.05) is 0 Å². The fourth-order valence-electron chi connectivity index (χ4n) is 11.1. The number of benzene rings is 8. The van der Waals surface area contributed by atoms with E-state index < -0.39 is 16.1 Å². The van der Waals surface area contributed by atoms with E-state index in [1.54, 1.807) is 11.1 Å². The lowest BCUT2D eigenvalue weighted by Crippen LogP contribution is -2.63. The molecule has 0 N–H and O–H groups in total. The molecule has 0 saturated heterocycles. The predicted octanol–water partition coefficient (Wildman–Crippen LogP) is 17.5. The van der Waals surface area contributed by atoms with Gasteiger partial charge in [-0.15, -0.1) is 0 Å². The van der Waals surface area contributed by atoms with Crippen molar-refractivity contribution < 1.29 is 0 Å². The first-order valence-corrected chi connectivity index (χ1v) is 29.8. The second-order valence-corrected chi connectivity index (χ2v) is 33.0. The van der Waals surface area contributed by atoms with Crippen molar-refractivity contribution in [2.24, 2.45) is 0 Å². The summed E-state index contributed by atoms with van der Waals surface area (Å²) < 4.78 is -0.0281. The molecule has 8 aromatic rings. The zero-order chi connectivity index (χ0) is 44.7. The standard InChI is InChI=1S/C59H64N2Si2/c1-57(2,3)44-25-30-48(31-26-44)60(46-19-15-13-16-20-46)50-29-23-41-39-54-53-35-24-42-37-51(61(47-21-17-14-18-22-47)49-32-27-45(28-33-49)58(4,5)6)34-36-52(42)56(53)59(62(7,8)9,63(10,11)12)55(54)40-43(41)38-50/h13-40H,1-12H3. The molecule has 8 aromatic carbocycles. The maximum Gasteiger partial charge on any atom is 0.0579 e.